The van der Waals surface area contributed by atoms with Crippen molar-refractivity contribution in [2.24, 2.45) is 0 Å². The van der Waals surface area contributed by atoms with Crippen molar-refractivity contribution in [2.75, 3.05) is 4.90 Å². The first-order valence-corrected chi connectivity index (χ1v) is 21.9. The van der Waals surface area contributed by atoms with Gasteiger partial charge in [0, 0.05) is 22.5 Å². The van der Waals surface area contributed by atoms with Crippen LogP contribution in [0.3, 0.4) is 0 Å². The van der Waals surface area contributed by atoms with Crippen LogP contribution >= 0.6 is 0 Å². The molecule has 1 heteroatoms. The van der Waals surface area contributed by atoms with Crippen LogP contribution in [0, 0.1) is 0 Å². The first-order chi connectivity index (χ1) is 29.6. The molecule has 0 radical (unpaired) electrons. The lowest BCUT2D eigenvalue weighted by Gasteiger charge is -2.32. The molecule has 0 unspecified atom stereocenters. The summed E-state index contributed by atoms with van der Waals surface area (Å²) in [5.74, 6) is 0. The van der Waals surface area contributed by atoms with Crippen LogP contribution in [-0.2, 0) is 18.3 Å². The molecule has 0 bridgehead atoms. The number of aryl methyl sites for hydroxylation is 2. The molecule has 0 aliphatic heterocycles. The molecule has 10 rings (SSSR count). The third kappa shape index (κ3) is 6.89. The summed E-state index contributed by atoms with van der Waals surface area (Å²) in [7, 11) is 0. The number of fused-ring (bicyclic) bond motifs is 4. The summed E-state index contributed by atoms with van der Waals surface area (Å²) in [5.41, 5.74) is 22.1. The van der Waals surface area contributed by atoms with E-state index in [1.807, 2.05) is 0 Å². The second kappa shape index (κ2) is 16.2. The minimum Gasteiger partial charge on any atom is -0.310 e. The fraction of sp³-hybridized carbons (Fsp3) is 0.153. The first kappa shape index (κ1) is 37.6. The fourth-order valence-corrected chi connectivity index (χ4v) is 10.1. The summed E-state index contributed by atoms with van der Waals surface area (Å²) in [6.45, 7) is 4.72. The van der Waals surface area contributed by atoms with Crippen LogP contribution in [0.25, 0.3) is 56.7 Å². The van der Waals surface area contributed by atoms with Crippen molar-refractivity contribution < 1.29 is 0 Å². The van der Waals surface area contributed by atoms with E-state index >= 15 is 0 Å². The lowest BCUT2D eigenvalue weighted by Crippen LogP contribution is -2.23. The lowest BCUT2D eigenvalue weighted by molar-refractivity contribution is 0.490. The van der Waals surface area contributed by atoms with Gasteiger partial charge in [-0.1, -0.05) is 172 Å². The van der Waals surface area contributed by atoms with Gasteiger partial charge >= 0.3 is 0 Å². The predicted octanol–water partition coefficient (Wildman–Crippen LogP) is 16.3. The molecule has 1 nitrogen and oxygen atoms in total. The largest absolute Gasteiger partial charge is 0.310 e. The lowest BCUT2D eigenvalue weighted by atomic mass is 9.73. The molecule has 0 amide bonds. The van der Waals surface area contributed by atoms with Crippen molar-refractivity contribution in [3.05, 3.63) is 221 Å². The van der Waals surface area contributed by atoms with E-state index in [2.05, 4.69) is 219 Å². The molecule has 0 aromatic heterocycles. The molecule has 0 spiro atoms. The maximum atomic E-state index is 2.46. The van der Waals surface area contributed by atoms with Crippen LogP contribution in [-0.4, -0.2) is 0 Å². The van der Waals surface area contributed by atoms with Gasteiger partial charge in [0.15, 0.2) is 0 Å². The average Bonchev–Trinajstić information content (AvgIpc) is 3.60. The maximum absolute atomic E-state index is 2.46. The van der Waals surface area contributed by atoms with Crippen LogP contribution in [0.1, 0.15) is 72.9 Å². The highest BCUT2D eigenvalue weighted by atomic mass is 15.1. The molecule has 292 valence electrons. The van der Waals surface area contributed by atoms with Gasteiger partial charge in [0.05, 0.1) is 0 Å². The predicted molar refractivity (Wildman–Crippen MR) is 256 cm³/mol. The minimum absolute atomic E-state index is 0.0585. The molecule has 0 fully saturated rings. The van der Waals surface area contributed by atoms with Crippen molar-refractivity contribution in [1.29, 1.82) is 0 Å². The number of anilines is 3. The van der Waals surface area contributed by atoms with Crippen LogP contribution in [0.5, 0.6) is 0 Å². The first-order valence-electron chi connectivity index (χ1n) is 21.9. The van der Waals surface area contributed by atoms with Gasteiger partial charge in [0.2, 0.25) is 0 Å². The van der Waals surface area contributed by atoms with E-state index in [-0.39, 0.29) is 5.41 Å². The maximum Gasteiger partial charge on any atom is 0.0465 e. The molecule has 0 heterocycles. The topological polar surface area (TPSA) is 3.24 Å². The highest BCUT2D eigenvalue weighted by Gasteiger charge is 2.41. The minimum atomic E-state index is -0.0585. The second-order valence-corrected chi connectivity index (χ2v) is 16.6. The van der Waals surface area contributed by atoms with Gasteiger partial charge in [-0.3, -0.25) is 0 Å². The number of nitrogens with zero attached hydrogens (tertiary/aromatic N) is 1. The van der Waals surface area contributed by atoms with Crippen molar-refractivity contribution in [1.82, 2.24) is 0 Å². The summed E-state index contributed by atoms with van der Waals surface area (Å²) >= 11 is 0. The molecule has 8 aromatic rings. The van der Waals surface area contributed by atoms with Crippen LogP contribution < -0.4 is 4.90 Å². The zero-order valence-corrected chi connectivity index (χ0v) is 34.7. The quantitative estimate of drug-likeness (QED) is 0.125. The zero-order valence-electron chi connectivity index (χ0n) is 34.7. The van der Waals surface area contributed by atoms with Gasteiger partial charge in [-0.05, 0) is 159 Å². The Morgan fingerprint density at radius 1 is 0.400 bits per heavy atom. The summed E-state index contributed by atoms with van der Waals surface area (Å²) in [5, 5.41) is 0. The van der Waals surface area contributed by atoms with E-state index in [1.165, 1.54) is 109 Å². The smallest absolute Gasteiger partial charge is 0.0465 e. The molecule has 0 atom stereocenters. The summed E-state index contributed by atoms with van der Waals surface area (Å²) in [6.07, 6.45) is 11.6. The van der Waals surface area contributed by atoms with E-state index in [0.717, 1.165) is 24.2 Å². The number of hydrogen-bond donors (Lipinski definition) is 0. The Morgan fingerprint density at radius 2 is 0.950 bits per heavy atom. The van der Waals surface area contributed by atoms with E-state index in [0.29, 0.717) is 0 Å². The molecule has 0 saturated carbocycles. The standard InChI is InChI=1S/C59H51N/c1-3-59(4-2)57-38-43(28-35-54(57)55-37-34-52(41-58(55)59)60(50-20-10-6-11-21-50)51-22-12-7-13-23-51)25-24-42-26-29-46(30-27-42)53-36-33-48(44-16-8-5-9-17-44)40-56(53)49-32-31-45-18-14-15-19-47(45)39-49/h5-13,16-17,20-41H,3-4,14-15,18-19H2,1-2H3. The zero-order chi connectivity index (χ0) is 40.5. The molecular weight excluding hydrogens is 723 g/mol. The second-order valence-electron chi connectivity index (χ2n) is 16.6. The number of rotatable bonds is 10. The van der Waals surface area contributed by atoms with E-state index in [4.69, 9.17) is 0 Å². The Morgan fingerprint density at radius 3 is 1.63 bits per heavy atom. The van der Waals surface area contributed by atoms with Crippen LogP contribution in [0.4, 0.5) is 17.1 Å². The molecule has 8 aromatic carbocycles. The normalized spacial score (nSPS) is 13.8. The Balaban J connectivity index is 0.955. The van der Waals surface area contributed by atoms with Gasteiger partial charge in [0.25, 0.3) is 0 Å². The highest BCUT2D eigenvalue weighted by Crippen LogP contribution is 2.54. The highest BCUT2D eigenvalue weighted by molar-refractivity contribution is 5.89. The van der Waals surface area contributed by atoms with E-state index in [1.54, 1.807) is 0 Å². The van der Waals surface area contributed by atoms with E-state index < -0.39 is 0 Å². The number of para-hydroxylation sites is 2. The third-order valence-corrected chi connectivity index (χ3v) is 13.3. The Kier molecular flexibility index (Phi) is 10.1. The van der Waals surface area contributed by atoms with Crippen molar-refractivity contribution in [2.45, 2.75) is 57.8 Å². The van der Waals surface area contributed by atoms with Gasteiger partial charge in [0.1, 0.15) is 0 Å². The summed E-state index contributed by atoms with van der Waals surface area (Å²) in [6, 6.07) is 69.8. The fourth-order valence-electron chi connectivity index (χ4n) is 10.1. The molecule has 2 aliphatic carbocycles. The Hall–Kier alpha value is -6.70. The molecule has 0 N–H and O–H groups in total. The van der Waals surface area contributed by atoms with Gasteiger partial charge in [-0.2, -0.15) is 0 Å². The number of benzene rings is 8. The summed E-state index contributed by atoms with van der Waals surface area (Å²) in [4.78, 5) is 2.38. The molecule has 2 aliphatic rings. The monoisotopic (exact) mass is 773 g/mol. The Labute approximate surface area is 356 Å². The molecular formula is C59H51N. The SMILES string of the molecule is CCC1(CC)c2cc(C=Cc3ccc(-c4ccc(-c5ccccc5)cc4-c4ccc5c(c4)CCCC5)cc3)ccc2-c2ccc(N(c3ccccc3)c3ccccc3)cc21. The van der Waals surface area contributed by atoms with Gasteiger partial charge < -0.3 is 4.90 Å². The average molecular weight is 774 g/mol. The van der Waals surface area contributed by atoms with Crippen molar-refractivity contribution >= 4 is 29.2 Å². The van der Waals surface area contributed by atoms with Gasteiger partial charge in [-0.15, -0.1) is 0 Å². The summed E-state index contributed by atoms with van der Waals surface area (Å²) < 4.78 is 0. The molecule has 0 saturated heterocycles. The Bertz CT molecular complexity index is 2770. The van der Waals surface area contributed by atoms with Gasteiger partial charge in [-0.25, -0.2) is 0 Å². The van der Waals surface area contributed by atoms with Crippen LogP contribution in [0.15, 0.2) is 188 Å². The van der Waals surface area contributed by atoms with Crippen molar-refractivity contribution in [3.63, 3.8) is 0 Å². The third-order valence-electron chi connectivity index (χ3n) is 13.3. The number of hydrogen-bond acceptors (Lipinski definition) is 1. The van der Waals surface area contributed by atoms with Crippen LogP contribution in [0.2, 0.25) is 0 Å². The molecule has 60 heavy (non-hydrogen) atoms. The van der Waals surface area contributed by atoms with Crippen molar-refractivity contribution in [3.8, 4) is 44.5 Å². The van der Waals surface area contributed by atoms with E-state index in [9.17, 15) is 0 Å².